The summed E-state index contributed by atoms with van der Waals surface area (Å²) in [5.41, 5.74) is 2.43. The van der Waals surface area contributed by atoms with Gasteiger partial charge in [0.1, 0.15) is 0 Å². The van der Waals surface area contributed by atoms with E-state index in [4.69, 9.17) is 0 Å². The Balaban J connectivity index is -0.000000368. The van der Waals surface area contributed by atoms with Crippen LogP contribution in [0.2, 0.25) is 0 Å². The van der Waals surface area contributed by atoms with Crippen LogP contribution in [0.3, 0.4) is 0 Å². The molecule has 109 valence electrons. The van der Waals surface area contributed by atoms with Gasteiger partial charge in [0.2, 0.25) is 0 Å². The Hall–Kier alpha value is -0.456. The largest absolute Gasteiger partial charge is 0.180 e. The van der Waals surface area contributed by atoms with Gasteiger partial charge >= 0.3 is 0 Å². The molecule has 1 heteroatoms. The van der Waals surface area contributed by atoms with Crippen LogP contribution in [0.25, 0.3) is 0 Å². The maximum atomic E-state index is 3.20. The van der Waals surface area contributed by atoms with Crippen LogP contribution < -0.4 is 0 Å². The third-order valence-electron chi connectivity index (χ3n) is 1.93. The molecular weight excluding hydrogens is 317 g/mol. The van der Waals surface area contributed by atoms with Crippen LogP contribution in [0.1, 0.15) is 52.7 Å². The zero-order chi connectivity index (χ0) is 14.9. The van der Waals surface area contributed by atoms with E-state index in [9.17, 15) is 0 Å². The molecule has 20 heavy (non-hydrogen) atoms. The summed E-state index contributed by atoms with van der Waals surface area (Å²) in [4.78, 5) is 0. The summed E-state index contributed by atoms with van der Waals surface area (Å²) in [5, 5.41) is 0. The van der Waals surface area contributed by atoms with Crippen molar-refractivity contribution in [2.75, 3.05) is 0 Å². The molecule has 0 N–H and O–H groups in total. The van der Waals surface area contributed by atoms with Gasteiger partial charge < -0.3 is 0 Å². The summed E-state index contributed by atoms with van der Waals surface area (Å²) < 4.78 is 0. The summed E-state index contributed by atoms with van der Waals surface area (Å²) in [6.07, 6.45) is 0.918. The summed E-state index contributed by atoms with van der Waals surface area (Å²) in [6, 6.07) is 22.5. The van der Waals surface area contributed by atoms with Crippen LogP contribution in [0.5, 0.6) is 0 Å². The molecule has 0 amide bonds. The van der Waals surface area contributed by atoms with E-state index in [0.29, 0.717) is 0 Å². The molecular formula is C19H28Y-2. The zero-order valence-corrected chi connectivity index (χ0v) is 16.7. The molecule has 0 saturated carbocycles. The van der Waals surface area contributed by atoms with Crippen molar-refractivity contribution in [3.8, 4) is 0 Å². The van der Waals surface area contributed by atoms with Crippen LogP contribution >= 0.6 is 0 Å². The predicted octanol–water partition coefficient (Wildman–Crippen LogP) is 5.95. The minimum absolute atomic E-state index is 0. The van der Waals surface area contributed by atoms with Crippen molar-refractivity contribution in [2.45, 2.75) is 48.0 Å². The minimum atomic E-state index is 0. The summed E-state index contributed by atoms with van der Waals surface area (Å²) in [6.45, 7) is 12.0. The molecule has 0 aromatic heterocycles. The van der Waals surface area contributed by atoms with Gasteiger partial charge in [-0.2, -0.15) is 71.8 Å². The number of benzene rings is 2. The van der Waals surface area contributed by atoms with E-state index in [0.717, 1.165) is 6.42 Å². The van der Waals surface area contributed by atoms with Gasteiger partial charge in [0.25, 0.3) is 0 Å². The second-order valence-corrected chi connectivity index (χ2v) is 2.95. The van der Waals surface area contributed by atoms with Gasteiger partial charge in [0.15, 0.2) is 0 Å². The Labute approximate surface area is 151 Å². The Morgan fingerprint density at radius 2 is 1.00 bits per heavy atom. The van der Waals surface area contributed by atoms with Crippen molar-refractivity contribution in [2.24, 2.45) is 0 Å². The maximum absolute atomic E-state index is 3.20. The molecule has 0 bridgehead atoms. The quantitative estimate of drug-likeness (QED) is 0.590. The van der Waals surface area contributed by atoms with Gasteiger partial charge in [0, 0.05) is 32.7 Å². The third kappa shape index (κ3) is 12.6. The standard InChI is InChI=1S/C13H10.3C2H6.Y/c1-3-7-12(8-4-1)11-13-9-5-2-6-10-13;3*1-2;/h1-7,9H,11H2;3*1-2H3;/q-2;;;;. The smallest absolute Gasteiger partial charge is 0 e. The second-order valence-electron chi connectivity index (χ2n) is 2.95. The topological polar surface area (TPSA) is 0 Å². The molecule has 0 aliphatic heterocycles. The van der Waals surface area contributed by atoms with Gasteiger partial charge in [-0.05, 0) is 6.42 Å². The normalized spacial score (nSPS) is 7.30. The average molecular weight is 345 g/mol. The van der Waals surface area contributed by atoms with Crippen LogP contribution in [0.15, 0.2) is 48.5 Å². The first-order chi connectivity index (χ1) is 9.45. The van der Waals surface area contributed by atoms with Gasteiger partial charge in [-0.25, -0.2) is 0 Å². The van der Waals surface area contributed by atoms with Gasteiger partial charge in [-0.3, -0.25) is 0 Å². The Morgan fingerprint density at radius 3 is 1.25 bits per heavy atom. The molecule has 2 rings (SSSR count). The molecule has 0 unspecified atom stereocenters. The number of hydrogen-bond acceptors (Lipinski definition) is 0. The molecule has 0 saturated heterocycles. The maximum Gasteiger partial charge on any atom is 0 e. The third-order valence-corrected chi connectivity index (χ3v) is 1.93. The van der Waals surface area contributed by atoms with Gasteiger partial charge in [0.05, 0.1) is 0 Å². The first kappa shape index (κ1) is 24.6. The SMILES string of the molecule is CC.CC.CC.[Y].[c-]1ccccc1Cc1[c-]cccc1. The average Bonchev–Trinajstić information content (AvgIpc) is 2.55. The van der Waals surface area contributed by atoms with E-state index < -0.39 is 0 Å². The van der Waals surface area contributed by atoms with E-state index in [1.807, 2.05) is 77.9 Å². The fourth-order valence-corrected chi connectivity index (χ4v) is 1.29. The molecule has 0 spiro atoms. The van der Waals surface area contributed by atoms with Crippen molar-refractivity contribution in [3.05, 3.63) is 71.8 Å². The van der Waals surface area contributed by atoms with Crippen molar-refractivity contribution in [1.82, 2.24) is 0 Å². The van der Waals surface area contributed by atoms with Crippen molar-refractivity contribution >= 4 is 0 Å². The van der Waals surface area contributed by atoms with E-state index in [2.05, 4.69) is 24.3 Å². The molecule has 0 fully saturated rings. The Bertz CT molecular complexity index is 317. The molecule has 0 nitrogen and oxygen atoms in total. The first-order valence-electron chi connectivity index (χ1n) is 7.36. The fourth-order valence-electron chi connectivity index (χ4n) is 1.29. The predicted molar refractivity (Wildman–Crippen MR) is 87.4 cm³/mol. The molecule has 0 aliphatic carbocycles. The summed E-state index contributed by atoms with van der Waals surface area (Å²) in [5.74, 6) is 0. The number of rotatable bonds is 2. The van der Waals surface area contributed by atoms with Crippen molar-refractivity contribution < 1.29 is 32.7 Å². The van der Waals surface area contributed by atoms with Gasteiger partial charge in [-0.15, -0.1) is 0 Å². The Kier molecular flexibility index (Phi) is 25.6. The van der Waals surface area contributed by atoms with Crippen LogP contribution in [0, 0.1) is 12.1 Å². The molecule has 2 aromatic rings. The number of hydrogen-bond donors (Lipinski definition) is 0. The summed E-state index contributed by atoms with van der Waals surface area (Å²) in [7, 11) is 0. The van der Waals surface area contributed by atoms with E-state index in [1.165, 1.54) is 11.1 Å². The monoisotopic (exact) mass is 345 g/mol. The van der Waals surface area contributed by atoms with Crippen LogP contribution in [-0.4, -0.2) is 0 Å². The molecule has 0 aliphatic rings. The Morgan fingerprint density at radius 1 is 0.650 bits per heavy atom. The minimum Gasteiger partial charge on any atom is -0.180 e. The van der Waals surface area contributed by atoms with E-state index >= 15 is 0 Å². The van der Waals surface area contributed by atoms with E-state index in [-0.39, 0.29) is 32.7 Å². The summed E-state index contributed by atoms with van der Waals surface area (Å²) >= 11 is 0. The second kappa shape index (κ2) is 20.9. The van der Waals surface area contributed by atoms with Crippen LogP contribution in [0.4, 0.5) is 0 Å². The van der Waals surface area contributed by atoms with Crippen molar-refractivity contribution in [1.29, 1.82) is 0 Å². The van der Waals surface area contributed by atoms with Crippen LogP contribution in [-0.2, 0) is 39.1 Å². The fraction of sp³-hybridized carbons (Fsp3) is 0.368. The first-order valence-corrected chi connectivity index (χ1v) is 7.36. The zero-order valence-electron chi connectivity index (χ0n) is 13.9. The van der Waals surface area contributed by atoms with Crippen molar-refractivity contribution in [3.63, 3.8) is 0 Å². The van der Waals surface area contributed by atoms with Gasteiger partial charge in [-0.1, -0.05) is 41.5 Å². The molecule has 1 radical (unpaired) electrons. The molecule has 2 aromatic carbocycles. The van der Waals surface area contributed by atoms with E-state index in [1.54, 1.807) is 0 Å². The molecule has 0 atom stereocenters. The molecule has 0 heterocycles.